The maximum Gasteiger partial charge on any atom is 0.319 e. The van der Waals surface area contributed by atoms with Gasteiger partial charge in [0.2, 0.25) is 0 Å². The van der Waals surface area contributed by atoms with E-state index in [0.29, 0.717) is 36.5 Å². The molecule has 1 fully saturated rings. The van der Waals surface area contributed by atoms with E-state index in [9.17, 15) is 14.3 Å². The zero-order valence-corrected chi connectivity index (χ0v) is 20.1. The number of hydrogen-bond donors (Lipinski definition) is 3. The molecule has 4 rings (SSSR count). The maximum atomic E-state index is 14.5. The highest BCUT2D eigenvalue weighted by atomic mass is 19.1. The zero-order chi connectivity index (χ0) is 24.9. The first-order valence-electron chi connectivity index (χ1n) is 11.7. The van der Waals surface area contributed by atoms with Crippen molar-refractivity contribution in [2.24, 2.45) is 0 Å². The largest absolute Gasteiger partial charge is 0.458 e. The predicted molar refractivity (Wildman–Crippen MR) is 128 cm³/mol. The van der Waals surface area contributed by atoms with Crippen molar-refractivity contribution < 1.29 is 23.8 Å². The molecule has 1 aliphatic rings. The summed E-state index contributed by atoms with van der Waals surface area (Å²) in [6.07, 6.45) is 4.56. The van der Waals surface area contributed by atoms with Gasteiger partial charge in [0, 0.05) is 44.7 Å². The summed E-state index contributed by atoms with van der Waals surface area (Å²) in [4.78, 5) is 30.9. The summed E-state index contributed by atoms with van der Waals surface area (Å²) in [5, 5.41) is 12.5. The number of aromatic amines is 1. The second-order valence-electron chi connectivity index (χ2n) is 8.86. The van der Waals surface area contributed by atoms with Gasteiger partial charge in [0.15, 0.2) is 0 Å². The van der Waals surface area contributed by atoms with Crippen LogP contribution < -0.4 is 15.0 Å². The Kier molecular flexibility index (Phi) is 7.76. The lowest BCUT2D eigenvalue weighted by atomic mass is 9.89. The predicted octanol–water partition coefficient (Wildman–Crippen LogP) is 2.40. The van der Waals surface area contributed by atoms with Crippen molar-refractivity contribution in [2.45, 2.75) is 44.8 Å². The van der Waals surface area contributed by atoms with Crippen LogP contribution in [0.5, 0.6) is 6.01 Å². The standard InChI is InChI=1S/C24H31FN6O4/c1-14(12-32)28-23(33)19-10-20(30-24(29-19)35-15(2)13-34-3)31-8-5-16(6-9-31)17-11-27-22-21(17)18(25)4-7-26-22/h4,7,10-11,14-16,32H,5-6,8-9,12-13H2,1-3H3,(H,26,27)(H,28,33)/t14-,15-/m1/s1. The Bertz CT molecular complexity index is 1160. The van der Waals surface area contributed by atoms with Crippen LogP contribution in [0.2, 0.25) is 0 Å². The van der Waals surface area contributed by atoms with E-state index in [2.05, 4.69) is 30.2 Å². The molecule has 3 N–H and O–H groups in total. The lowest BCUT2D eigenvalue weighted by molar-refractivity contribution is 0.0839. The van der Waals surface area contributed by atoms with Crippen molar-refractivity contribution >= 4 is 22.8 Å². The third-order valence-electron chi connectivity index (χ3n) is 6.10. The van der Waals surface area contributed by atoms with Crippen molar-refractivity contribution in [3.8, 4) is 6.01 Å². The normalized spacial score (nSPS) is 16.3. The number of amides is 1. The average molecular weight is 487 g/mol. The van der Waals surface area contributed by atoms with Crippen LogP contribution in [0.4, 0.5) is 10.2 Å². The van der Waals surface area contributed by atoms with E-state index >= 15 is 0 Å². The molecule has 3 aromatic heterocycles. The van der Waals surface area contributed by atoms with E-state index in [1.807, 2.05) is 13.1 Å². The number of H-pyrrole nitrogens is 1. The zero-order valence-electron chi connectivity index (χ0n) is 20.1. The van der Waals surface area contributed by atoms with Gasteiger partial charge in [-0.25, -0.2) is 9.37 Å². The second-order valence-corrected chi connectivity index (χ2v) is 8.86. The number of carbonyl (C=O) groups is 1. The Labute approximate surface area is 202 Å². The van der Waals surface area contributed by atoms with Crippen LogP contribution in [0.3, 0.4) is 0 Å². The molecule has 0 bridgehead atoms. The van der Waals surface area contributed by atoms with Crippen LogP contribution in [0.15, 0.2) is 24.5 Å². The first-order valence-corrected chi connectivity index (χ1v) is 11.7. The van der Waals surface area contributed by atoms with Crippen LogP contribution in [0.1, 0.15) is 48.7 Å². The number of anilines is 1. The minimum absolute atomic E-state index is 0.0840. The van der Waals surface area contributed by atoms with Gasteiger partial charge in [0.25, 0.3) is 5.91 Å². The fourth-order valence-corrected chi connectivity index (χ4v) is 4.32. The monoisotopic (exact) mass is 486 g/mol. The molecule has 0 spiro atoms. The molecule has 188 valence electrons. The summed E-state index contributed by atoms with van der Waals surface area (Å²) in [5.74, 6) is 0.0538. The van der Waals surface area contributed by atoms with Gasteiger partial charge in [-0.1, -0.05) is 0 Å². The fraction of sp³-hybridized carbons (Fsp3) is 0.500. The molecule has 1 aliphatic heterocycles. The Morgan fingerprint density at radius 1 is 1.34 bits per heavy atom. The second kappa shape index (κ2) is 11.0. The Balaban J connectivity index is 1.54. The molecule has 2 atom stereocenters. The number of ether oxygens (including phenoxy) is 2. The number of methoxy groups -OCH3 is 1. The van der Waals surface area contributed by atoms with E-state index < -0.39 is 11.9 Å². The van der Waals surface area contributed by atoms with Gasteiger partial charge in [-0.15, -0.1) is 0 Å². The first-order chi connectivity index (χ1) is 16.9. The van der Waals surface area contributed by atoms with E-state index in [4.69, 9.17) is 9.47 Å². The SMILES string of the molecule is COC[C@@H](C)Oc1nc(C(=O)N[C@H](C)CO)cc(N2CCC(c3c[nH]c4nccc(F)c34)CC2)n1. The number of fused-ring (bicyclic) bond motifs is 1. The number of halogens is 1. The van der Waals surface area contributed by atoms with Crippen molar-refractivity contribution in [1.29, 1.82) is 0 Å². The molecular formula is C24H31FN6O4. The van der Waals surface area contributed by atoms with Crippen LogP contribution >= 0.6 is 0 Å². The molecule has 0 saturated carbocycles. The first kappa shape index (κ1) is 24.8. The summed E-state index contributed by atoms with van der Waals surface area (Å²) in [6.45, 7) is 5.02. The molecule has 11 heteroatoms. The molecule has 1 amide bonds. The number of pyridine rings is 1. The van der Waals surface area contributed by atoms with E-state index in [-0.39, 0.29) is 36.2 Å². The Morgan fingerprint density at radius 2 is 2.11 bits per heavy atom. The molecule has 10 nitrogen and oxygen atoms in total. The molecule has 0 unspecified atom stereocenters. The summed E-state index contributed by atoms with van der Waals surface area (Å²) >= 11 is 0. The highest BCUT2D eigenvalue weighted by Crippen LogP contribution is 2.35. The average Bonchev–Trinajstić information content (AvgIpc) is 3.29. The van der Waals surface area contributed by atoms with E-state index in [0.717, 1.165) is 18.4 Å². The van der Waals surface area contributed by atoms with Crippen LogP contribution in [0, 0.1) is 5.82 Å². The van der Waals surface area contributed by atoms with Crippen molar-refractivity contribution in [1.82, 2.24) is 25.3 Å². The molecule has 3 aromatic rings. The molecule has 4 heterocycles. The molecule has 0 aromatic carbocycles. The molecular weight excluding hydrogens is 455 g/mol. The van der Waals surface area contributed by atoms with Gasteiger partial charge in [0.05, 0.1) is 18.6 Å². The summed E-state index contributed by atoms with van der Waals surface area (Å²) in [7, 11) is 1.58. The number of piperidine rings is 1. The van der Waals surface area contributed by atoms with Crippen LogP contribution in [0.25, 0.3) is 11.0 Å². The summed E-state index contributed by atoms with van der Waals surface area (Å²) < 4.78 is 25.4. The molecule has 0 radical (unpaired) electrons. The topological polar surface area (TPSA) is 125 Å². The van der Waals surface area contributed by atoms with Crippen molar-refractivity contribution in [2.75, 3.05) is 38.3 Å². The van der Waals surface area contributed by atoms with Gasteiger partial charge in [-0.2, -0.15) is 9.97 Å². The molecule has 0 aliphatic carbocycles. The number of hydrogen-bond acceptors (Lipinski definition) is 8. The van der Waals surface area contributed by atoms with Gasteiger partial charge in [-0.3, -0.25) is 4.79 Å². The van der Waals surface area contributed by atoms with Crippen LogP contribution in [-0.4, -0.2) is 76.5 Å². The Morgan fingerprint density at radius 3 is 2.83 bits per heavy atom. The summed E-state index contributed by atoms with van der Waals surface area (Å²) in [5.41, 5.74) is 1.64. The number of carbonyl (C=O) groups excluding carboxylic acids is 1. The third kappa shape index (κ3) is 5.68. The Hall–Kier alpha value is -3.31. The van der Waals surface area contributed by atoms with E-state index in [1.54, 1.807) is 20.1 Å². The fourth-order valence-electron chi connectivity index (χ4n) is 4.32. The lowest BCUT2D eigenvalue weighted by Gasteiger charge is -2.33. The van der Waals surface area contributed by atoms with Crippen LogP contribution in [-0.2, 0) is 4.74 Å². The van der Waals surface area contributed by atoms with Crippen molar-refractivity contribution in [3.63, 3.8) is 0 Å². The maximum absolute atomic E-state index is 14.5. The van der Waals surface area contributed by atoms with Gasteiger partial charge in [0.1, 0.15) is 29.1 Å². The number of rotatable bonds is 9. The minimum atomic E-state index is -0.420. The smallest absolute Gasteiger partial charge is 0.319 e. The third-order valence-corrected chi connectivity index (χ3v) is 6.10. The number of aromatic nitrogens is 4. The number of aliphatic hydroxyl groups excluding tert-OH is 1. The van der Waals surface area contributed by atoms with E-state index in [1.165, 1.54) is 12.3 Å². The van der Waals surface area contributed by atoms with Gasteiger partial charge in [-0.05, 0) is 44.2 Å². The molecule has 1 saturated heterocycles. The number of nitrogens with one attached hydrogen (secondary N) is 2. The van der Waals surface area contributed by atoms with Gasteiger partial charge < -0.3 is 29.8 Å². The van der Waals surface area contributed by atoms with Gasteiger partial charge >= 0.3 is 6.01 Å². The number of aliphatic hydroxyl groups is 1. The highest BCUT2D eigenvalue weighted by molar-refractivity contribution is 5.93. The molecule has 35 heavy (non-hydrogen) atoms. The highest BCUT2D eigenvalue weighted by Gasteiger charge is 2.26. The van der Waals surface area contributed by atoms with Crippen molar-refractivity contribution in [3.05, 3.63) is 41.6 Å². The minimum Gasteiger partial charge on any atom is -0.458 e. The number of nitrogens with zero attached hydrogens (tertiary/aromatic N) is 4. The quantitative estimate of drug-likeness (QED) is 0.421. The lowest BCUT2D eigenvalue weighted by Crippen LogP contribution is -2.37. The summed E-state index contributed by atoms with van der Waals surface area (Å²) in [6, 6.07) is 2.68.